The first-order chi connectivity index (χ1) is 16.2. The molecule has 1 aliphatic heterocycles. The Morgan fingerprint density at radius 2 is 1.94 bits per heavy atom. The Labute approximate surface area is 195 Å². The number of aromatic nitrogens is 2. The Bertz CT molecular complexity index is 1050. The second kappa shape index (κ2) is 9.87. The molecule has 7 nitrogen and oxygen atoms in total. The molecule has 0 radical (unpaired) electrons. The summed E-state index contributed by atoms with van der Waals surface area (Å²) in [5.74, 6) is -0.576. The third-order valence-corrected chi connectivity index (χ3v) is 6.74. The quantitative estimate of drug-likeness (QED) is 0.577. The Kier molecular flexibility index (Phi) is 7.09. The van der Waals surface area contributed by atoms with Crippen LogP contribution in [0.15, 0.2) is 30.5 Å². The molecule has 1 aromatic heterocycles. The molecule has 0 spiro atoms. The van der Waals surface area contributed by atoms with Crippen molar-refractivity contribution in [3.05, 3.63) is 52.8 Å². The number of carbonyl (C=O) groups is 2. The number of benzene rings is 1. The zero-order valence-electron chi connectivity index (χ0n) is 18.7. The molecule has 1 aromatic carbocycles. The highest BCUT2D eigenvalue weighted by atomic mass is 19.4. The molecule has 0 unspecified atom stereocenters. The summed E-state index contributed by atoms with van der Waals surface area (Å²) in [4.78, 5) is 27.8. The molecular formula is C24H28F3N3O4. The number of fused-ring (bicyclic) bond motifs is 1. The van der Waals surface area contributed by atoms with E-state index in [0.29, 0.717) is 12.1 Å². The van der Waals surface area contributed by atoms with E-state index in [4.69, 9.17) is 5.11 Å². The summed E-state index contributed by atoms with van der Waals surface area (Å²) in [6.07, 6.45) is 0.293. The van der Waals surface area contributed by atoms with Crippen molar-refractivity contribution in [1.82, 2.24) is 14.7 Å². The number of carbonyl (C=O) groups excluding carboxylic acids is 2. The number of ketones is 1. The van der Waals surface area contributed by atoms with Crippen molar-refractivity contribution >= 4 is 11.7 Å². The van der Waals surface area contributed by atoms with E-state index in [1.807, 2.05) is 0 Å². The van der Waals surface area contributed by atoms with E-state index in [1.54, 1.807) is 12.3 Å². The summed E-state index contributed by atoms with van der Waals surface area (Å²) in [6.45, 7) is -0.602. The van der Waals surface area contributed by atoms with Crippen molar-refractivity contribution in [1.29, 1.82) is 0 Å². The van der Waals surface area contributed by atoms with E-state index < -0.39 is 36.4 Å². The molecule has 1 saturated carbocycles. The molecule has 4 rings (SSSR count). The lowest BCUT2D eigenvalue weighted by molar-refractivity contribution is -0.138. The van der Waals surface area contributed by atoms with Crippen molar-refractivity contribution in [3.8, 4) is 0 Å². The minimum Gasteiger partial charge on any atom is -0.394 e. The predicted molar refractivity (Wildman–Crippen MR) is 116 cm³/mol. The number of hydrogen-bond acceptors (Lipinski definition) is 5. The lowest BCUT2D eigenvalue weighted by atomic mass is 9.93. The molecule has 2 atom stereocenters. The number of halogens is 3. The Morgan fingerprint density at radius 3 is 2.62 bits per heavy atom. The van der Waals surface area contributed by atoms with Gasteiger partial charge in [0.05, 0.1) is 43.0 Å². The van der Waals surface area contributed by atoms with E-state index >= 15 is 0 Å². The monoisotopic (exact) mass is 479 g/mol. The highest BCUT2D eigenvalue weighted by Gasteiger charge is 2.43. The summed E-state index contributed by atoms with van der Waals surface area (Å²) in [7, 11) is 0. The molecule has 2 N–H and O–H groups in total. The van der Waals surface area contributed by atoms with Gasteiger partial charge in [-0.2, -0.15) is 18.3 Å². The number of aliphatic hydroxyl groups excluding tert-OH is 2. The van der Waals surface area contributed by atoms with Crippen LogP contribution in [0.2, 0.25) is 0 Å². The Hall–Kier alpha value is -2.72. The van der Waals surface area contributed by atoms with Gasteiger partial charge in [-0.15, -0.1) is 0 Å². The first-order valence-electron chi connectivity index (χ1n) is 11.5. The number of amides is 1. The predicted octanol–water partition coefficient (Wildman–Crippen LogP) is 2.97. The van der Waals surface area contributed by atoms with Crippen molar-refractivity contribution in [3.63, 3.8) is 0 Å². The highest BCUT2D eigenvalue weighted by Crippen LogP contribution is 2.39. The lowest BCUT2D eigenvalue weighted by Gasteiger charge is -2.29. The SMILES string of the molecule is O=C(Cc1ccn(C[C@@H](O)CO)n1)[C@H](CC1CCCC1)N1Cc2c(cccc2C(F)(F)F)C1=O. The minimum atomic E-state index is -4.58. The second-order valence-electron chi connectivity index (χ2n) is 9.17. The molecule has 2 aliphatic rings. The highest BCUT2D eigenvalue weighted by molar-refractivity contribution is 6.02. The molecule has 1 fully saturated rings. The minimum absolute atomic E-state index is 0.00122. The maximum atomic E-state index is 13.5. The van der Waals surface area contributed by atoms with Gasteiger partial charge in [0.2, 0.25) is 0 Å². The van der Waals surface area contributed by atoms with Crippen LogP contribution in [0.25, 0.3) is 0 Å². The van der Waals surface area contributed by atoms with Gasteiger partial charge in [0, 0.05) is 18.3 Å². The number of rotatable bonds is 9. The van der Waals surface area contributed by atoms with Crippen LogP contribution in [0.1, 0.15) is 59.3 Å². The van der Waals surface area contributed by atoms with Gasteiger partial charge in [-0.25, -0.2) is 0 Å². The fourth-order valence-electron chi connectivity index (χ4n) is 5.04. The van der Waals surface area contributed by atoms with Crippen molar-refractivity contribution < 1.29 is 33.0 Å². The van der Waals surface area contributed by atoms with E-state index in [-0.39, 0.29) is 42.3 Å². The molecule has 2 heterocycles. The van der Waals surface area contributed by atoms with E-state index in [2.05, 4.69) is 5.10 Å². The van der Waals surface area contributed by atoms with Crippen molar-refractivity contribution in [2.75, 3.05) is 6.61 Å². The summed E-state index contributed by atoms with van der Waals surface area (Å²) >= 11 is 0. The number of hydrogen-bond donors (Lipinski definition) is 2. The Morgan fingerprint density at radius 1 is 1.21 bits per heavy atom. The van der Waals surface area contributed by atoms with E-state index in [0.717, 1.165) is 31.7 Å². The molecule has 0 bridgehead atoms. The molecule has 184 valence electrons. The van der Waals surface area contributed by atoms with Crippen LogP contribution in [0, 0.1) is 5.92 Å². The zero-order chi connectivity index (χ0) is 24.5. The fraction of sp³-hybridized carbons (Fsp3) is 0.542. The number of alkyl halides is 3. The summed E-state index contributed by atoms with van der Waals surface area (Å²) in [5.41, 5.74) is -0.478. The van der Waals surface area contributed by atoms with Gasteiger partial charge < -0.3 is 15.1 Å². The summed E-state index contributed by atoms with van der Waals surface area (Å²) < 4.78 is 42.1. The molecule has 2 aromatic rings. The first-order valence-corrected chi connectivity index (χ1v) is 11.5. The third kappa shape index (κ3) is 5.17. The second-order valence-corrected chi connectivity index (χ2v) is 9.17. The molecule has 1 aliphatic carbocycles. The van der Waals surface area contributed by atoms with Crippen LogP contribution in [0.4, 0.5) is 13.2 Å². The summed E-state index contributed by atoms with van der Waals surface area (Å²) in [6, 6.07) is 4.37. The largest absolute Gasteiger partial charge is 0.416 e. The maximum absolute atomic E-state index is 13.5. The fourth-order valence-corrected chi connectivity index (χ4v) is 5.04. The van der Waals surface area contributed by atoms with Crippen LogP contribution in [0.5, 0.6) is 0 Å². The standard InChI is InChI=1S/C24H28F3N3O4/c25-24(26,27)20-7-3-6-18-19(20)13-30(23(18)34)21(10-15-4-1-2-5-15)22(33)11-16-8-9-29(28-16)12-17(32)14-31/h3,6-9,15,17,21,31-32H,1-2,4-5,10-14H2/t17-,21+/m1/s1. The van der Waals surface area contributed by atoms with Crippen molar-refractivity contribution in [2.24, 2.45) is 5.92 Å². The van der Waals surface area contributed by atoms with Crippen LogP contribution >= 0.6 is 0 Å². The van der Waals surface area contributed by atoms with Crippen LogP contribution in [0.3, 0.4) is 0 Å². The molecule has 0 saturated heterocycles. The maximum Gasteiger partial charge on any atom is 0.416 e. The van der Waals surface area contributed by atoms with Crippen LogP contribution in [-0.2, 0) is 30.5 Å². The third-order valence-electron chi connectivity index (χ3n) is 6.74. The van der Waals surface area contributed by atoms with E-state index in [9.17, 15) is 27.9 Å². The zero-order valence-corrected chi connectivity index (χ0v) is 18.7. The van der Waals surface area contributed by atoms with Crippen LogP contribution < -0.4 is 0 Å². The first kappa shape index (κ1) is 24.4. The van der Waals surface area contributed by atoms with Gasteiger partial charge in [-0.3, -0.25) is 14.3 Å². The van der Waals surface area contributed by atoms with Gasteiger partial charge >= 0.3 is 6.18 Å². The smallest absolute Gasteiger partial charge is 0.394 e. The topological polar surface area (TPSA) is 95.7 Å². The van der Waals surface area contributed by atoms with Gasteiger partial charge in [0.1, 0.15) is 0 Å². The molecular weight excluding hydrogens is 451 g/mol. The molecule has 10 heteroatoms. The average molecular weight is 479 g/mol. The Balaban J connectivity index is 1.57. The van der Waals surface area contributed by atoms with E-state index in [1.165, 1.54) is 21.7 Å². The normalized spacial score (nSPS) is 18.4. The summed E-state index contributed by atoms with van der Waals surface area (Å²) in [5, 5.41) is 22.8. The van der Waals surface area contributed by atoms with Gasteiger partial charge in [0.25, 0.3) is 5.91 Å². The van der Waals surface area contributed by atoms with Gasteiger partial charge in [0.15, 0.2) is 5.78 Å². The van der Waals surface area contributed by atoms with Crippen molar-refractivity contribution in [2.45, 2.75) is 69.9 Å². The lowest BCUT2D eigenvalue weighted by Crippen LogP contribution is -2.43. The number of aliphatic hydroxyl groups is 2. The van der Waals surface area contributed by atoms with Crippen LogP contribution in [-0.4, -0.2) is 55.3 Å². The number of nitrogens with zero attached hydrogens (tertiary/aromatic N) is 3. The number of Topliss-reactive ketones (excluding diaryl/α,β-unsaturated/α-hetero) is 1. The van der Waals surface area contributed by atoms with Gasteiger partial charge in [-0.1, -0.05) is 31.7 Å². The average Bonchev–Trinajstić information content (AvgIpc) is 3.52. The molecule has 1 amide bonds. The van der Waals surface area contributed by atoms with Gasteiger partial charge in [-0.05, 0) is 36.1 Å². The molecule has 34 heavy (non-hydrogen) atoms.